The van der Waals surface area contributed by atoms with Gasteiger partial charge >= 0.3 is 0 Å². The summed E-state index contributed by atoms with van der Waals surface area (Å²) in [5, 5.41) is 3.22. The molecule has 3 aromatic rings. The molecule has 1 aliphatic rings. The predicted octanol–water partition coefficient (Wildman–Crippen LogP) is 4.54. The molecule has 0 bridgehead atoms. The van der Waals surface area contributed by atoms with Crippen LogP contribution in [-0.2, 0) is 4.79 Å². The van der Waals surface area contributed by atoms with Gasteiger partial charge in [0.2, 0.25) is 11.8 Å². The Morgan fingerprint density at radius 3 is 2.61 bits per heavy atom. The first-order chi connectivity index (χ1) is 13.6. The Morgan fingerprint density at radius 1 is 1.11 bits per heavy atom. The number of aromatic nitrogens is 1. The highest BCUT2D eigenvalue weighted by molar-refractivity contribution is 6.01. The van der Waals surface area contributed by atoms with E-state index in [9.17, 15) is 9.18 Å². The second-order valence-electron chi connectivity index (χ2n) is 6.73. The third kappa shape index (κ3) is 3.81. The zero-order chi connectivity index (χ0) is 19.5. The summed E-state index contributed by atoms with van der Waals surface area (Å²) in [6, 6.07) is 17.0. The van der Waals surface area contributed by atoms with Crippen molar-refractivity contribution >= 4 is 17.3 Å². The minimum atomic E-state index is -0.386. The van der Waals surface area contributed by atoms with Gasteiger partial charge in [-0.15, -0.1) is 0 Å². The molecule has 6 heteroatoms. The highest BCUT2D eigenvalue weighted by Gasteiger charge is 2.33. The van der Waals surface area contributed by atoms with Crippen molar-refractivity contribution in [2.24, 2.45) is 0 Å². The molecular formula is C22H20FN3O2. The first kappa shape index (κ1) is 18.0. The molecule has 2 heterocycles. The van der Waals surface area contributed by atoms with Crippen molar-refractivity contribution in [1.29, 1.82) is 0 Å². The van der Waals surface area contributed by atoms with E-state index in [-0.39, 0.29) is 17.8 Å². The van der Waals surface area contributed by atoms with Crippen molar-refractivity contribution in [3.8, 4) is 11.6 Å². The summed E-state index contributed by atoms with van der Waals surface area (Å²) < 4.78 is 19.7. The normalized spacial score (nSPS) is 16.3. The Labute approximate surface area is 162 Å². The molecule has 2 aromatic carbocycles. The van der Waals surface area contributed by atoms with Gasteiger partial charge in [0.05, 0.1) is 5.69 Å². The fourth-order valence-electron chi connectivity index (χ4n) is 3.18. The molecule has 0 spiro atoms. The molecule has 1 saturated heterocycles. The lowest BCUT2D eigenvalue weighted by molar-refractivity contribution is -0.117. The second-order valence-corrected chi connectivity index (χ2v) is 6.73. The lowest BCUT2D eigenvalue weighted by Crippen LogP contribution is -2.33. The molecule has 0 radical (unpaired) electrons. The molecule has 1 unspecified atom stereocenters. The third-order valence-electron chi connectivity index (χ3n) is 4.65. The van der Waals surface area contributed by atoms with E-state index < -0.39 is 0 Å². The van der Waals surface area contributed by atoms with E-state index in [4.69, 9.17) is 4.74 Å². The summed E-state index contributed by atoms with van der Waals surface area (Å²) in [6.45, 7) is 2.45. The monoisotopic (exact) mass is 377 g/mol. The Hall–Kier alpha value is -3.41. The number of pyridine rings is 1. The quantitative estimate of drug-likeness (QED) is 0.709. The van der Waals surface area contributed by atoms with Crippen LogP contribution in [0.25, 0.3) is 0 Å². The van der Waals surface area contributed by atoms with Gasteiger partial charge in [-0.25, -0.2) is 9.37 Å². The first-order valence-corrected chi connectivity index (χ1v) is 9.13. The molecule has 0 aliphatic carbocycles. The van der Waals surface area contributed by atoms with Crippen LogP contribution in [0, 0.1) is 12.7 Å². The van der Waals surface area contributed by atoms with Crippen LogP contribution in [0.3, 0.4) is 0 Å². The maximum atomic E-state index is 14.0. The van der Waals surface area contributed by atoms with Gasteiger partial charge < -0.3 is 15.0 Å². The number of nitrogens with one attached hydrogen (secondary N) is 1. The van der Waals surface area contributed by atoms with Gasteiger partial charge in [0.25, 0.3) is 0 Å². The number of halogens is 1. The molecule has 0 saturated carbocycles. The molecule has 4 rings (SSSR count). The topological polar surface area (TPSA) is 54.5 Å². The number of hydrogen-bond acceptors (Lipinski definition) is 4. The summed E-state index contributed by atoms with van der Waals surface area (Å²) in [5.74, 6) is 0.669. The fraction of sp³-hybridized carbons (Fsp3) is 0.182. The number of carbonyl (C=O) groups is 1. The van der Waals surface area contributed by atoms with Crippen LogP contribution in [0.1, 0.15) is 12.0 Å². The average Bonchev–Trinajstić information content (AvgIpc) is 3.06. The van der Waals surface area contributed by atoms with Crippen molar-refractivity contribution in [1.82, 2.24) is 4.98 Å². The van der Waals surface area contributed by atoms with E-state index in [0.29, 0.717) is 30.3 Å². The lowest BCUT2D eigenvalue weighted by Gasteiger charge is -2.18. The summed E-state index contributed by atoms with van der Waals surface area (Å²) >= 11 is 0. The molecule has 1 fully saturated rings. The molecule has 1 aliphatic heterocycles. The number of para-hydroxylation sites is 1. The lowest BCUT2D eigenvalue weighted by atomic mass is 10.2. The molecule has 1 N–H and O–H groups in total. The van der Waals surface area contributed by atoms with Crippen LogP contribution in [0.2, 0.25) is 0 Å². The summed E-state index contributed by atoms with van der Waals surface area (Å²) in [7, 11) is 0. The molecule has 5 nitrogen and oxygen atoms in total. The third-order valence-corrected chi connectivity index (χ3v) is 4.65. The largest absolute Gasteiger partial charge is 0.439 e. The maximum Gasteiger partial charge on any atom is 0.249 e. The minimum Gasteiger partial charge on any atom is -0.439 e. The number of amides is 1. The van der Waals surface area contributed by atoms with Crippen LogP contribution in [0.4, 0.5) is 15.8 Å². The first-order valence-electron chi connectivity index (χ1n) is 9.13. The number of benzene rings is 2. The van der Waals surface area contributed by atoms with Crippen LogP contribution >= 0.6 is 0 Å². The molecule has 1 aromatic heterocycles. The number of carbonyl (C=O) groups excluding carboxylic acids is 1. The van der Waals surface area contributed by atoms with Gasteiger partial charge in [-0.3, -0.25) is 4.79 Å². The Bertz CT molecular complexity index is 974. The van der Waals surface area contributed by atoms with Gasteiger partial charge in [-0.05, 0) is 55.3 Å². The number of aryl methyl sites for hydroxylation is 1. The Morgan fingerprint density at radius 2 is 1.89 bits per heavy atom. The molecule has 28 heavy (non-hydrogen) atoms. The van der Waals surface area contributed by atoms with Gasteiger partial charge in [-0.1, -0.05) is 18.2 Å². The van der Waals surface area contributed by atoms with E-state index >= 15 is 0 Å². The van der Waals surface area contributed by atoms with E-state index in [2.05, 4.69) is 10.3 Å². The van der Waals surface area contributed by atoms with E-state index in [0.717, 1.165) is 11.3 Å². The summed E-state index contributed by atoms with van der Waals surface area (Å²) in [4.78, 5) is 18.4. The van der Waals surface area contributed by atoms with Crippen LogP contribution in [-0.4, -0.2) is 23.5 Å². The number of nitrogens with zero attached hydrogens (tertiary/aromatic N) is 2. The van der Waals surface area contributed by atoms with Crippen molar-refractivity contribution in [2.45, 2.75) is 19.4 Å². The standard InChI is InChI=1S/C22H20FN3O2/c1-15-6-11-21(24-14-15)28-17-9-7-16(8-10-17)25-19-12-13-26(22(19)27)20-5-3-2-4-18(20)23/h2-11,14,19,25H,12-13H2,1H3. The van der Waals surface area contributed by atoms with Gasteiger partial charge in [0.15, 0.2) is 0 Å². The molecular weight excluding hydrogens is 357 g/mol. The Kier molecular flexibility index (Phi) is 4.93. The van der Waals surface area contributed by atoms with Crippen molar-refractivity contribution in [3.63, 3.8) is 0 Å². The van der Waals surface area contributed by atoms with Crippen LogP contribution in [0.5, 0.6) is 11.6 Å². The molecule has 1 atom stereocenters. The second kappa shape index (κ2) is 7.68. The molecule has 142 valence electrons. The zero-order valence-corrected chi connectivity index (χ0v) is 15.4. The van der Waals surface area contributed by atoms with E-state index in [1.54, 1.807) is 24.4 Å². The summed E-state index contributed by atoms with van der Waals surface area (Å²) in [6.07, 6.45) is 2.36. The summed E-state index contributed by atoms with van der Waals surface area (Å²) in [5.41, 5.74) is 2.20. The maximum absolute atomic E-state index is 14.0. The molecule has 1 amide bonds. The van der Waals surface area contributed by atoms with Crippen molar-refractivity contribution in [2.75, 3.05) is 16.8 Å². The average molecular weight is 377 g/mol. The van der Waals surface area contributed by atoms with Crippen LogP contribution < -0.4 is 15.0 Å². The highest BCUT2D eigenvalue weighted by Crippen LogP contribution is 2.27. The number of anilines is 2. The highest BCUT2D eigenvalue weighted by atomic mass is 19.1. The van der Waals surface area contributed by atoms with Crippen LogP contribution in [0.15, 0.2) is 66.9 Å². The van der Waals surface area contributed by atoms with E-state index in [1.165, 1.54) is 11.0 Å². The smallest absolute Gasteiger partial charge is 0.249 e. The minimum absolute atomic E-state index is 0.130. The SMILES string of the molecule is Cc1ccc(Oc2ccc(NC3CCN(c4ccccc4F)C3=O)cc2)nc1. The number of rotatable bonds is 5. The number of hydrogen-bond donors (Lipinski definition) is 1. The van der Waals surface area contributed by atoms with E-state index in [1.807, 2.05) is 43.3 Å². The zero-order valence-electron chi connectivity index (χ0n) is 15.4. The van der Waals surface area contributed by atoms with Gasteiger partial charge in [0, 0.05) is 24.5 Å². The predicted molar refractivity (Wildman–Crippen MR) is 106 cm³/mol. The van der Waals surface area contributed by atoms with Crippen molar-refractivity contribution < 1.29 is 13.9 Å². The number of ether oxygens (including phenoxy) is 1. The Balaban J connectivity index is 1.40. The van der Waals surface area contributed by atoms with Crippen molar-refractivity contribution in [3.05, 3.63) is 78.2 Å². The van der Waals surface area contributed by atoms with Gasteiger partial charge in [0.1, 0.15) is 17.6 Å². The fourth-order valence-corrected chi connectivity index (χ4v) is 3.18. The van der Waals surface area contributed by atoms with Gasteiger partial charge in [-0.2, -0.15) is 0 Å².